The minimum absolute atomic E-state index is 0.0319. The van der Waals surface area contributed by atoms with Crippen LogP contribution in [0, 0.1) is 5.82 Å². The van der Waals surface area contributed by atoms with Gasteiger partial charge in [-0.2, -0.15) is 0 Å². The number of fused-ring (bicyclic) bond motifs is 1. The van der Waals surface area contributed by atoms with Gasteiger partial charge in [0.1, 0.15) is 11.6 Å². The van der Waals surface area contributed by atoms with Gasteiger partial charge in [-0.1, -0.05) is 0 Å². The Kier molecular flexibility index (Phi) is 4.45. The Balaban J connectivity index is 1.42. The number of pyridine rings is 1. The lowest BCUT2D eigenvalue weighted by Gasteiger charge is -2.27. The monoisotopic (exact) mass is 367 g/mol. The first-order chi connectivity index (χ1) is 13.1. The lowest BCUT2D eigenvalue weighted by Crippen LogP contribution is -2.48. The molecule has 0 saturated carbocycles. The van der Waals surface area contributed by atoms with Crippen molar-refractivity contribution in [3.8, 4) is 0 Å². The maximum atomic E-state index is 13.4. The number of H-pyrrole nitrogens is 1. The number of nitrogens with zero attached hydrogens (tertiary/aromatic N) is 2. The third-order valence-corrected chi connectivity index (χ3v) is 4.47. The molecule has 0 unspecified atom stereocenters. The van der Waals surface area contributed by atoms with E-state index in [2.05, 4.69) is 20.6 Å². The smallest absolute Gasteiger partial charge is 0.239 e. The zero-order chi connectivity index (χ0) is 18.8. The second kappa shape index (κ2) is 7.06. The zero-order valence-electron chi connectivity index (χ0n) is 14.5. The summed E-state index contributed by atoms with van der Waals surface area (Å²) < 4.78 is 13.4. The predicted molar refractivity (Wildman–Crippen MR) is 100 cm³/mol. The molecule has 1 fully saturated rings. The molecule has 3 heterocycles. The molecule has 3 N–H and O–H groups in total. The molecule has 0 aliphatic carbocycles. The third kappa shape index (κ3) is 3.74. The first-order valence-corrected chi connectivity index (χ1v) is 8.61. The number of aromatic nitrogens is 2. The molecule has 8 heteroatoms. The highest BCUT2D eigenvalue weighted by molar-refractivity contribution is 5.95. The summed E-state index contributed by atoms with van der Waals surface area (Å²) in [6.07, 6.45) is 3.40. The summed E-state index contributed by atoms with van der Waals surface area (Å²) in [5, 5.41) is 6.25. The lowest BCUT2D eigenvalue weighted by molar-refractivity contribution is -0.120. The number of carbonyl (C=O) groups is 2. The fraction of sp³-hybridized carbons (Fsp3) is 0.211. The predicted octanol–water partition coefficient (Wildman–Crippen LogP) is 1.82. The minimum atomic E-state index is -0.338. The Hall–Kier alpha value is -3.42. The van der Waals surface area contributed by atoms with E-state index in [4.69, 9.17) is 0 Å². The number of aromatic amines is 1. The molecule has 1 aliphatic rings. The molecule has 0 atom stereocenters. The van der Waals surface area contributed by atoms with Crippen molar-refractivity contribution < 1.29 is 14.0 Å². The van der Waals surface area contributed by atoms with Crippen LogP contribution in [0.25, 0.3) is 10.9 Å². The van der Waals surface area contributed by atoms with Gasteiger partial charge in [0.05, 0.1) is 24.8 Å². The largest absolute Gasteiger partial charge is 0.361 e. The number of hydrogen-bond donors (Lipinski definition) is 3. The van der Waals surface area contributed by atoms with Gasteiger partial charge in [0, 0.05) is 30.2 Å². The molecule has 0 bridgehead atoms. The van der Waals surface area contributed by atoms with Gasteiger partial charge in [-0.15, -0.1) is 0 Å². The van der Waals surface area contributed by atoms with E-state index in [-0.39, 0.29) is 30.6 Å². The second-order valence-electron chi connectivity index (χ2n) is 6.41. The van der Waals surface area contributed by atoms with E-state index >= 15 is 0 Å². The highest BCUT2D eigenvalue weighted by Gasteiger charge is 2.17. The van der Waals surface area contributed by atoms with E-state index in [1.807, 2.05) is 4.90 Å². The van der Waals surface area contributed by atoms with Crippen LogP contribution in [-0.4, -0.2) is 41.4 Å². The van der Waals surface area contributed by atoms with Crippen LogP contribution in [0.15, 0.2) is 42.7 Å². The minimum Gasteiger partial charge on any atom is -0.361 e. The lowest BCUT2D eigenvalue weighted by atomic mass is 10.1. The van der Waals surface area contributed by atoms with Crippen molar-refractivity contribution in [2.75, 3.05) is 29.9 Å². The maximum Gasteiger partial charge on any atom is 0.239 e. The van der Waals surface area contributed by atoms with Gasteiger partial charge in [-0.3, -0.25) is 9.59 Å². The SMILES string of the molecule is O=C1CN(c2ccc(NC(=O)Cc3c[nH]c4ccc(F)cc34)cn2)CCN1. The van der Waals surface area contributed by atoms with Gasteiger partial charge >= 0.3 is 0 Å². The van der Waals surface area contributed by atoms with Crippen LogP contribution in [0.5, 0.6) is 0 Å². The Labute approximate surface area is 154 Å². The molecule has 2 amide bonds. The van der Waals surface area contributed by atoms with Crippen molar-refractivity contribution in [3.05, 3.63) is 54.1 Å². The molecule has 0 spiro atoms. The van der Waals surface area contributed by atoms with Crippen molar-refractivity contribution in [2.24, 2.45) is 0 Å². The van der Waals surface area contributed by atoms with Crippen LogP contribution < -0.4 is 15.5 Å². The molecule has 138 valence electrons. The summed E-state index contributed by atoms with van der Waals surface area (Å²) >= 11 is 0. The molecule has 1 aliphatic heterocycles. The van der Waals surface area contributed by atoms with Crippen LogP contribution in [-0.2, 0) is 16.0 Å². The number of piperazine rings is 1. The van der Waals surface area contributed by atoms with Crippen molar-refractivity contribution in [1.29, 1.82) is 0 Å². The third-order valence-electron chi connectivity index (χ3n) is 4.47. The summed E-state index contributed by atoms with van der Waals surface area (Å²) in [6, 6.07) is 7.97. The zero-order valence-corrected chi connectivity index (χ0v) is 14.5. The van der Waals surface area contributed by atoms with Gasteiger partial charge in [0.15, 0.2) is 0 Å². The van der Waals surface area contributed by atoms with E-state index < -0.39 is 0 Å². The van der Waals surface area contributed by atoms with Crippen molar-refractivity contribution >= 4 is 34.2 Å². The number of rotatable bonds is 4. The van der Waals surface area contributed by atoms with Crippen LogP contribution in [0.1, 0.15) is 5.56 Å². The van der Waals surface area contributed by atoms with Crippen LogP contribution in [0.4, 0.5) is 15.9 Å². The normalized spacial score (nSPS) is 14.3. The van der Waals surface area contributed by atoms with Crippen LogP contribution >= 0.6 is 0 Å². The first-order valence-electron chi connectivity index (χ1n) is 8.61. The fourth-order valence-electron chi connectivity index (χ4n) is 3.16. The van der Waals surface area contributed by atoms with Gasteiger partial charge in [-0.25, -0.2) is 9.37 Å². The number of halogens is 1. The number of amides is 2. The molecule has 0 radical (unpaired) electrons. The summed E-state index contributed by atoms with van der Waals surface area (Å²) in [7, 11) is 0. The van der Waals surface area contributed by atoms with E-state index in [0.29, 0.717) is 30.0 Å². The molecular formula is C19H18FN5O2. The van der Waals surface area contributed by atoms with E-state index in [9.17, 15) is 14.0 Å². The summed E-state index contributed by atoms with van der Waals surface area (Å²) in [6.45, 7) is 1.56. The van der Waals surface area contributed by atoms with Gasteiger partial charge < -0.3 is 20.5 Å². The number of nitrogens with one attached hydrogen (secondary N) is 3. The molecule has 1 aromatic carbocycles. The van der Waals surface area contributed by atoms with E-state index in [1.54, 1.807) is 30.6 Å². The summed E-state index contributed by atoms with van der Waals surface area (Å²) in [5.41, 5.74) is 2.08. The average Bonchev–Trinajstić information content (AvgIpc) is 3.04. The standard InChI is InChI=1S/C19H18FN5O2/c20-13-1-3-16-15(8-13)12(9-22-16)7-18(26)24-14-2-4-17(23-10-14)25-6-5-21-19(27)11-25/h1-4,8-10,22H,5-7,11H2,(H,21,27)(H,24,26). The van der Waals surface area contributed by atoms with Crippen LogP contribution in [0.3, 0.4) is 0 Å². The molecule has 2 aromatic heterocycles. The quantitative estimate of drug-likeness (QED) is 0.656. The molecule has 4 rings (SSSR count). The van der Waals surface area contributed by atoms with E-state index in [1.165, 1.54) is 12.1 Å². The maximum absolute atomic E-state index is 13.4. The Morgan fingerprint density at radius 1 is 1.30 bits per heavy atom. The highest BCUT2D eigenvalue weighted by Crippen LogP contribution is 2.21. The second-order valence-corrected chi connectivity index (χ2v) is 6.41. The topological polar surface area (TPSA) is 90.1 Å². The highest BCUT2D eigenvalue weighted by atomic mass is 19.1. The molecular weight excluding hydrogens is 349 g/mol. The van der Waals surface area contributed by atoms with E-state index in [0.717, 1.165) is 11.1 Å². The Morgan fingerprint density at radius 3 is 2.96 bits per heavy atom. The van der Waals surface area contributed by atoms with Crippen LogP contribution in [0.2, 0.25) is 0 Å². The number of carbonyl (C=O) groups excluding carboxylic acids is 2. The van der Waals surface area contributed by atoms with Gasteiger partial charge in [-0.05, 0) is 35.9 Å². The molecule has 1 saturated heterocycles. The van der Waals surface area contributed by atoms with Crippen molar-refractivity contribution in [3.63, 3.8) is 0 Å². The summed E-state index contributed by atoms with van der Waals surface area (Å²) in [5.74, 6) is 0.104. The van der Waals surface area contributed by atoms with Gasteiger partial charge in [0.2, 0.25) is 11.8 Å². The molecule has 27 heavy (non-hydrogen) atoms. The summed E-state index contributed by atoms with van der Waals surface area (Å²) in [4.78, 5) is 33.0. The number of hydrogen-bond acceptors (Lipinski definition) is 4. The van der Waals surface area contributed by atoms with Gasteiger partial charge in [0.25, 0.3) is 0 Å². The van der Waals surface area contributed by atoms with Crippen molar-refractivity contribution in [2.45, 2.75) is 6.42 Å². The number of anilines is 2. The Morgan fingerprint density at radius 2 is 2.19 bits per heavy atom. The average molecular weight is 367 g/mol. The molecule has 7 nitrogen and oxygen atoms in total. The Bertz CT molecular complexity index is 999. The first kappa shape index (κ1) is 17.0. The molecule has 3 aromatic rings. The number of benzene rings is 1. The fourth-order valence-corrected chi connectivity index (χ4v) is 3.16. The van der Waals surface area contributed by atoms with Crippen molar-refractivity contribution in [1.82, 2.24) is 15.3 Å².